The molecule has 0 amide bonds. The highest BCUT2D eigenvalue weighted by Crippen LogP contribution is 2.36. The third-order valence-electron chi connectivity index (χ3n) is 4.09. The van der Waals surface area contributed by atoms with Crippen molar-refractivity contribution in [2.45, 2.75) is 26.7 Å². The summed E-state index contributed by atoms with van der Waals surface area (Å²) in [4.78, 5) is 10.7. The lowest BCUT2D eigenvalue weighted by Gasteiger charge is -2.03. The van der Waals surface area contributed by atoms with Crippen LogP contribution in [0.1, 0.15) is 30.9 Å². The fourth-order valence-corrected chi connectivity index (χ4v) is 3.06. The van der Waals surface area contributed by atoms with E-state index in [4.69, 9.17) is 5.11 Å². The Balaban J connectivity index is 2.05. The van der Waals surface area contributed by atoms with Crippen LogP contribution in [0, 0.1) is 6.92 Å². The molecule has 20 heavy (non-hydrogen) atoms. The van der Waals surface area contributed by atoms with Gasteiger partial charge in [0.2, 0.25) is 5.69 Å². The van der Waals surface area contributed by atoms with Crippen LogP contribution in [-0.4, -0.2) is 27.9 Å². The van der Waals surface area contributed by atoms with Gasteiger partial charge in [-0.25, -0.2) is 0 Å². The third-order valence-corrected chi connectivity index (χ3v) is 4.09. The van der Waals surface area contributed by atoms with Gasteiger partial charge in [-0.2, -0.15) is 4.58 Å². The molecule has 0 atom stereocenters. The molecule has 3 nitrogen and oxygen atoms in total. The lowest BCUT2D eigenvalue weighted by molar-refractivity contribution is -0.437. The molecule has 1 heterocycles. The standard InChI is InChI=1S/C17H17NO2/c1-11-8-9-15-17-13(11)5-3-6-14(17)12(2)18(15)10-4-7-16(19)20/h3,5-6,8-9H,4,7,10H2,1-2H3/p+1. The van der Waals surface area contributed by atoms with Crippen molar-refractivity contribution < 1.29 is 14.5 Å². The van der Waals surface area contributed by atoms with Crippen LogP contribution in [0.25, 0.3) is 10.8 Å². The molecule has 1 aliphatic heterocycles. The molecular formula is C17H18NO2+. The summed E-state index contributed by atoms with van der Waals surface area (Å²) in [6, 6.07) is 10.7. The van der Waals surface area contributed by atoms with Crippen molar-refractivity contribution >= 4 is 28.1 Å². The first kappa shape index (κ1) is 12.9. The summed E-state index contributed by atoms with van der Waals surface area (Å²) < 4.78 is 2.25. The van der Waals surface area contributed by atoms with Crippen LogP contribution in [-0.2, 0) is 4.79 Å². The normalized spacial score (nSPS) is 13.3. The molecule has 0 unspecified atom stereocenters. The highest BCUT2D eigenvalue weighted by Gasteiger charge is 2.29. The topological polar surface area (TPSA) is 40.3 Å². The number of carboxylic acids is 1. The van der Waals surface area contributed by atoms with Crippen LogP contribution in [0.4, 0.5) is 5.69 Å². The largest absolute Gasteiger partial charge is 0.481 e. The zero-order chi connectivity index (χ0) is 14.3. The Morgan fingerprint density at radius 3 is 2.75 bits per heavy atom. The fraction of sp³-hybridized carbons (Fsp3) is 0.294. The van der Waals surface area contributed by atoms with E-state index in [9.17, 15) is 4.79 Å². The van der Waals surface area contributed by atoms with Gasteiger partial charge >= 0.3 is 5.97 Å². The van der Waals surface area contributed by atoms with Gasteiger partial charge in [0, 0.05) is 19.4 Å². The van der Waals surface area contributed by atoms with E-state index in [1.54, 1.807) is 0 Å². The van der Waals surface area contributed by atoms with Gasteiger partial charge in [0.05, 0.1) is 17.4 Å². The Bertz CT molecular complexity index is 744. The molecule has 0 fully saturated rings. The maximum Gasteiger partial charge on any atom is 0.303 e. The maximum absolute atomic E-state index is 10.7. The molecule has 0 saturated heterocycles. The number of carbonyl (C=O) groups is 1. The second-order valence-corrected chi connectivity index (χ2v) is 5.36. The van der Waals surface area contributed by atoms with Crippen LogP contribution in [0.15, 0.2) is 30.3 Å². The summed E-state index contributed by atoms with van der Waals surface area (Å²) in [7, 11) is 0. The van der Waals surface area contributed by atoms with Crippen molar-refractivity contribution in [1.29, 1.82) is 0 Å². The smallest absolute Gasteiger partial charge is 0.303 e. The van der Waals surface area contributed by atoms with Gasteiger partial charge < -0.3 is 5.11 Å². The molecule has 3 rings (SSSR count). The lowest BCUT2D eigenvalue weighted by Crippen LogP contribution is -2.13. The van der Waals surface area contributed by atoms with Crippen molar-refractivity contribution in [3.63, 3.8) is 0 Å². The average Bonchev–Trinajstić information content (AvgIpc) is 2.69. The van der Waals surface area contributed by atoms with Crippen molar-refractivity contribution in [3.8, 4) is 0 Å². The Hall–Kier alpha value is -2.16. The highest BCUT2D eigenvalue weighted by atomic mass is 16.4. The highest BCUT2D eigenvalue weighted by molar-refractivity contribution is 6.15. The Morgan fingerprint density at radius 1 is 1.20 bits per heavy atom. The number of hydrogen-bond donors (Lipinski definition) is 1. The van der Waals surface area contributed by atoms with E-state index in [1.165, 1.54) is 33.3 Å². The van der Waals surface area contributed by atoms with E-state index in [0.717, 1.165) is 6.54 Å². The first-order chi connectivity index (χ1) is 9.59. The minimum absolute atomic E-state index is 0.217. The summed E-state index contributed by atoms with van der Waals surface area (Å²) >= 11 is 0. The fourth-order valence-electron chi connectivity index (χ4n) is 3.06. The minimum Gasteiger partial charge on any atom is -0.481 e. The lowest BCUT2D eigenvalue weighted by atomic mass is 9.99. The predicted octanol–water partition coefficient (Wildman–Crippen LogP) is 3.48. The molecular weight excluding hydrogens is 250 g/mol. The van der Waals surface area contributed by atoms with E-state index in [-0.39, 0.29) is 6.42 Å². The first-order valence-electron chi connectivity index (χ1n) is 6.95. The first-order valence-corrected chi connectivity index (χ1v) is 6.95. The summed E-state index contributed by atoms with van der Waals surface area (Å²) in [5, 5.41) is 11.4. The van der Waals surface area contributed by atoms with E-state index in [1.807, 2.05) is 0 Å². The van der Waals surface area contributed by atoms with Crippen molar-refractivity contribution in [1.82, 2.24) is 0 Å². The second-order valence-electron chi connectivity index (χ2n) is 5.36. The summed E-state index contributed by atoms with van der Waals surface area (Å²) in [6.45, 7) is 5.00. The number of aliphatic carboxylic acids is 1. The second kappa shape index (κ2) is 4.75. The van der Waals surface area contributed by atoms with Gasteiger partial charge in [-0.15, -0.1) is 0 Å². The number of benzene rings is 2. The summed E-state index contributed by atoms with van der Waals surface area (Å²) in [5.74, 6) is -0.728. The number of aryl methyl sites for hydroxylation is 1. The summed E-state index contributed by atoms with van der Waals surface area (Å²) in [5.41, 5.74) is 4.99. The van der Waals surface area contributed by atoms with Crippen LogP contribution >= 0.6 is 0 Å². The molecule has 0 spiro atoms. The zero-order valence-electron chi connectivity index (χ0n) is 11.8. The van der Waals surface area contributed by atoms with Crippen molar-refractivity contribution in [2.75, 3.05) is 6.54 Å². The van der Waals surface area contributed by atoms with Gasteiger partial charge in [-0.3, -0.25) is 4.79 Å². The van der Waals surface area contributed by atoms with E-state index in [0.29, 0.717) is 6.42 Å². The monoisotopic (exact) mass is 268 g/mol. The third kappa shape index (κ3) is 1.90. The van der Waals surface area contributed by atoms with E-state index < -0.39 is 5.97 Å². The molecule has 102 valence electrons. The van der Waals surface area contributed by atoms with Crippen LogP contribution in [0.5, 0.6) is 0 Å². The molecule has 3 heteroatoms. The van der Waals surface area contributed by atoms with E-state index >= 15 is 0 Å². The number of carboxylic acid groups (broad SMARTS) is 1. The molecule has 0 radical (unpaired) electrons. The minimum atomic E-state index is -0.728. The van der Waals surface area contributed by atoms with Gasteiger partial charge in [0.15, 0.2) is 5.71 Å². The molecule has 2 aromatic carbocycles. The average molecular weight is 268 g/mol. The Kier molecular flexibility index (Phi) is 3.05. The molecule has 0 saturated carbocycles. The van der Waals surface area contributed by atoms with Crippen molar-refractivity contribution in [2.24, 2.45) is 0 Å². The molecule has 0 bridgehead atoms. The van der Waals surface area contributed by atoms with Crippen LogP contribution < -0.4 is 0 Å². The number of rotatable bonds is 4. The van der Waals surface area contributed by atoms with Gasteiger partial charge in [0.25, 0.3) is 0 Å². The number of hydrogen-bond acceptors (Lipinski definition) is 1. The molecule has 0 aromatic heterocycles. The van der Waals surface area contributed by atoms with E-state index in [2.05, 4.69) is 48.8 Å². The predicted molar refractivity (Wildman–Crippen MR) is 80.1 cm³/mol. The molecule has 0 aliphatic carbocycles. The zero-order valence-corrected chi connectivity index (χ0v) is 11.8. The molecule has 1 N–H and O–H groups in total. The van der Waals surface area contributed by atoms with Crippen LogP contribution in [0.3, 0.4) is 0 Å². The molecule has 1 aliphatic rings. The molecule has 2 aromatic rings. The van der Waals surface area contributed by atoms with Gasteiger partial charge in [0.1, 0.15) is 6.54 Å². The Morgan fingerprint density at radius 2 is 2.00 bits per heavy atom. The quantitative estimate of drug-likeness (QED) is 0.862. The maximum atomic E-state index is 10.7. The van der Waals surface area contributed by atoms with Crippen molar-refractivity contribution in [3.05, 3.63) is 41.5 Å². The number of nitrogens with zero attached hydrogens (tertiary/aromatic N) is 1. The SMILES string of the molecule is CC1=[N+](CCCC(=O)O)c2ccc(C)c3cccc1c23. The Labute approximate surface area is 118 Å². The van der Waals surface area contributed by atoms with Gasteiger partial charge in [-0.1, -0.05) is 18.2 Å². The van der Waals surface area contributed by atoms with Gasteiger partial charge in [-0.05, 0) is 23.9 Å². The van der Waals surface area contributed by atoms with Crippen LogP contribution in [0.2, 0.25) is 0 Å². The summed E-state index contributed by atoms with van der Waals surface area (Å²) in [6.07, 6.45) is 0.880.